The molecule has 0 aliphatic carbocycles. The van der Waals surface area contributed by atoms with E-state index in [1.807, 2.05) is 4.90 Å². The lowest BCUT2D eigenvalue weighted by molar-refractivity contribution is -0.137. The van der Waals surface area contributed by atoms with E-state index in [1.54, 1.807) is 0 Å². The number of aromatic nitrogens is 1. The van der Waals surface area contributed by atoms with Gasteiger partial charge in [0.2, 0.25) is 0 Å². The second-order valence-electron chi connectivity index (χ2n) is 4.52. The highest BCUT2D eigenvalue weighted by Gasteiger charge is 2.33. The third-order valence-corrected chi connectivity index (χ3v) is 3.86. The maximum Gasteiger partial charge on any atom is 0.417 e. The topological polar surface area (TPSA) is 16.1 Å². The smallest absolute Gasteiger partial charge is 0.351 e. The standard InChI is InChI=1S/C12H13Cl2F3N2/c13-6-9-3-1-2-4-19(9)11-10(14)5-8(7-18-11)12(15,16)17/h5,7,9H,1-4,6H2. The van der Waals surface area contributed by atoms with E-state index in [4.69, 9.17) is 23.2 Å². The van der Waals surface area contributed by atoms with Gasteiger partial charge in [-0.25, -0.2) is 4.98 Å². The Hall–Kier alpha value is -0.680. The van der Waals surface area contributed by atoms with Crippen molar-refractivity contribution in [2.45, 2.75) is 31.5 Å². The van der Waals surface area contributed by atoms with Crippen LogP contribution >= 0.6 is 23.2 Å². The summed E-state index contributed by atoms with van der Waals surface area (Å²) in [4.78, 5) is 5.78. The van der Waals surface area contributed by atoms with Crippen molar-refractivity contribution in [3.8, 4) is 0 Å². The van der Waals surface area contributed by atoms with Crippen LogP contribution in [0.5, 0.6) is 0 Å². The highest BCUT2D eigenvalue weighted by atomic mass is 35.5. The van der Waals surface area contributed by atoms with Gasteiger partial charge in [0.1, 0.15) is 5.82 Å². The predicted octanol–water partition coefficient (Wildman–Crippen LogP) is 4.35. The van der Waals surface area contributed by atoms with Gasteiger partial charge in [-0.2, -0.15) is 13.2 Å². The van der Waals surface area contributed by atoms with Crippen molar-refractivity contribution in [2.24, 2.45) is 0 Å². The molecule has 1 aliphatic rings. The SMILES string of the molecule is FC(F)(F)c1cnc(N2CCCCC2CCl)c(Cl)c1. The third-order valence-electron chi connectivity index (χ3n) is 3.23. The van der Waals surface area contributed by atoms with Crippen molar-refractivity contribution >= 4 is 29.0 Å². The first-order valence-electron chi connectivity index (χ1n) is 5.99. The van der Waals surface area contributed by atoms with Crippen molar-refractivity contribution in [2.75, 3.05) is 17.3 Å². The number of hydrogen-bond acceptors (Lipinski definition) is 2. The van der Waals surface area contributed by atoms with Crippen LogP contribution in [0.1, 0.15) is 24.8 Å². The molecule has 0 spiro atoms. The molecule has 0 bridgehead atoms. The lowest BCUT2D eigenvalue weighted by Gasteiger charge is -2.36. The third kappa shape index (κ3) is 3.26. The molecule has 1 aliphatic heterocycles. The molecule has 0 aromatic carbocycles. The van der Waals surface area contributed by atoms with Crippen LogP contribution < -0.4 is 4.90 Å². The summed E-state index contributed by atoms with van der Waals surface area (Å²) in [5.41, 5.74) is -0.833. The van der Waals surface area contributed by atoms with E-state index in [9.17, 15) is 13.2 Å². The second kappa shape index (κ2) is 5.75. The molecule has 1 unspecified atom stereocenters. The minimum atomic E-state index is -4.43. The molecule has 2 rings (SSSR count). The monoisotopic (exact) mass is 312 g/mol. The van der Waals surface area contributed by atoms with E-state index < -0.39 is 11.7 Å². The van der Waals surface area contributed by atoms with Crippen LogP contribution in [0, 0.1) is 0 Å². The van der Waals surface area contributed by atoms with Crippen molar-refractivity contribution in [1.82, 2.24) is 4.98 Å². The lowest BCUT2D eigenvalue weighted by Crippen LogP contribution is -2.41. The quantitative estimate of drug-likeness (QED) is 0.755. The van der Waals surface area contributed by atoms with E-state index in [0.717, 1.165) is 38.1 Å². The molecule has 1 saturated heterocycles. The summed E-state index contributed by atoms with van der Waals surface area (Å²) in [5, 5.41) is 0.0202. The van der Waals surface area contributed by atoms with E-state index >= 15 is 0 Å². The Morgan fingerprint density at radius 2 is 2.11 bits per heavy atom. The minimum absolute atomic E-state index is 0.0202. The first-order chi connectivity index (χ1) is 8.93. The second-order valence-corrected chi connectivity index (χ2v) is 5.24. The van der Waals surface area contributed by atoms with Gasteiger partial charge in [-0.3, -0.25) is 0 Å². The molecule has 7 heteroatoms. The highest BCUT2D eigenvalue weighted by molar-refractivity contribution is 6.33. The van der Waals surface area contributed by atoms with Gasteiger partial charge in [0, 0.05) is 24.7 Å². The summed E-state index contributed by atoms with van der Waals surface area (Å²) in [6, 6.07) is 1.00. The first kappa shape index (κ1) is 14.7. The van der Waals surface area contributed by atoms with Gasteiger partial charge < -0.3 is 4.90 Å². The molecule has 106 valence electrons. The first-order valence-corrected chi connectivity index (χ1v) is 6.90. The van der Waals surface area contributed by atoms with Crippen LogP contribution in [0.15, 0.2) is 12.3 Å². The van der Waals surface area contributed by atoms with E-state index in [-0.39, 0.29) is 11.1 Å². The summed E-state index contributed by atoms with van der Waals surface area (Å²) < 4.78 is 37.7. The molecule has 0 saturated carbocycles. The molecule has 1 fully saturated rings. The molecule has 1 atom stereocenters. The zero-order valence-electron chi connectivity index (χ0n) is 10.1. The Morgan fingerprint density at radius 1 is 1.37 bits per heavy atom. The van der Waals surface area contributed by atoms with E-state index in [1.165, 1.54) is 0 Å². The molecule has 1 aromatic heterocycles. The zero-order chi connectivity index (χ0) is 14.0. The molecular weight excluding hydrogens is 300 g/mol. The Morgan fingerprint density at radius 3 is 2.68 bits per heavy atom. The van der Waals surface area contributed by atoms with Crippen molar-refractivity contribution in [1.29, 1.82) is 0 Å². The maximum atomic E-state index is 12.6. The molecular formula is C12H13Cl2F3N2. The molecule has 0 N–H and O–H groups in total. The highest BCUT2D eigenvalue weighted by Crippen LogP contribution is 2.35. The predicted molar refractivity (Wildman–Crippen MR) is 70.0 cm³/mol. The fourth-order valence-corrected chi connectivity index (χ4v) is 2.83. The van der Waals surface area contributed by atoms with Gasteiger partial charge in [0.05, 0.1) is 10.6 Å². The Balaban J connectivity index is 2.30. The van der Waals surface area contributed by atoms with Crippen molar-refractivity contribution < 1.29 is 13.2 Å². The Kier molecular flexibility index (Phi) is 4.46. The Labute approximate surface area is 119 Å². The number of rotatable bonds is 2. The van der Waals surface area contributed by atoms with Crippen LogP contribution in [0.25, 0.3) is 0 Å². The lowest BCUT2D eigenvalue weighted by atomic mass is 10.0. The molecule has 19 heavy (non-hydrogen) atoms. The van der Waals surface area contributed by atoms with Gasteiger partial charge in [0.25, 0.3) is 0 Å². The fraction of sp³-hybridized carbons (Fsp3) is 0.583. The summed E-state index contributed by atoms with van der Waals surface area (Å²) in [5.74, 6) is 0.805. The number of alkyl halides is 4. The molecule has 0 amide bonds. The van der Waals surface area contributed by atoms with Crippen LogP contribution in [-0.4, -0.2) is 23.5 Å². The largest absolute Gasteiger partial charge is 0.417 e. The summed E-state index contributed by atoms with van der Waals surface area (Å²) in [6.45, 7) is 0.718. The summed E-state index contributed by atoms with van der Waals surface area (Å²) in [7, 11) is 0. The fourth-order valence-electron chi connectivity index (χ4n) is 2.24. The normalized spacial score (nSPS) is 20.7. The van der Waals surface area contributed by atoms with Crippen LogP contribution in [0.3, 0.4) is 0 Å². The van der Waals surface area contributed by atoms with E-state index in [2.05, 4.69) is 4.98 Å². The number of nitrogens with zero attached hydrogens (tertiary/aromatic N) is 2. The minimum Gasteiger partial charge on any atom is -0.351 e. The van der Waals surface area contributed by atoms with Gasteiger partial charge in [-0.1, -0.05) is 11.6 Å². The number of pyridine rings is 1. The van der Waals surface area contributed by atoms with E-state index in [0.29, 0.717) is 11.7 Å². The van der Waals surface area contributed by atoms with Gasteiger partial charge in [-0.15, -0.1) is 11.6 Å². The van der Waals surface area contributed by atoms with Crippen molar-refractivity contribution in [3.05, 3.63) is 22.8 Å². The van der Waals surface area contributed by atoms with Gasteiger partial charge >= 0.3 is 6.18 Å². The summed E-state index contributed by atoms with van der Waals surface area (Å²) in [6.07, 6.45) is -0.675. The van der Waals surface area contributed by atoms with Crippen LogP contribution in [0.2, 0.25) is 5.02 Å². The average molecular weight is 313 g/mol. The zero-order valence-corrected chi connectivity index (χ0v) is 11.6. The molecule has 2 heterocycles. The number of halogens is 5. The van der Waals surface area contributed by atoms with Crippen LogP contribution in [0.4, 0.5) is 19.0 Å². The molecule has 0 radical (unpaired) electrons. The number of hydrogen-bond donors (Lipinski definition) is 0. The maximum absolute atomic E-state index is 12.6. The summed E-state index contributed by atoms with van der Waals surface area (Å²) >= 11 is 11.8. The average Bonchev–Trinajstić information content (AvgIpc) is 2.37. The number of anilines is 1. The van der Waals surface area contributed by atoms with Crippen molar-refractivity contribution in [3.63, 3.8) is 0 Å². The van der Waals surface area contributed by atoms with Crippen LogP contribution in [-0.2, 0) is 6.18 Å². The number of piperidine rings is 1. The van der Waals surface area contributed by atoms with Gasteiger partial charge in [-0.05, 0) is 25.3 Å². The molecule has 1 aromatic rings. The molecule has 2 nitrogen and oxygen atoms in total. The van der Waals surface area contributed by atoms with Gasteiger partial charge in [0.15, 0.2) is 0 Å². The Bertz CT molecular complexity index is 451.